The maximum Gasteiger partial charge on any atom is 0.259 e. The molecule has 5 heteroatoms. The Morgan fingerprint density at radius 3 is 2.54 bits per heavy atom. The van der Waals surface area contributed by atoms with E-state index in [0.29, 0.717) is 17.0 Å². The summed E-state index contributed by atoms with van der Waals surface area (Å²) in [5.74, 6) is 0.347. The number of para-hydroxylation sites is 2. The van der Waals surface area contributed by atoms with Gasteiger partial charge >= 0.3 is 0 Å². The molecule has 24 heavy (non-hydrogen) atoms. The highest BCUT2D eigenvalue weighted by Crippen LogP contribution is 2.21. The first-order valence-electron chi connectivity index (χ1n) is 7.80. The average Bonchev–Trinajstić information content (AvgIpc) is 3.04. The lowest BCUT2D eigenvalue weighted by atomic mass is 10.2. The predicted octanol–water partition coefficient (Wildman–Crippen LogP) is 3.91. The number of carbonyl (C=O) groups is 1. The van der Waals surface area contributed by atoms with Gasteiger partial charge in [-0.25, -0.2) is 4.68 Å². The summed E-state index contributed by atoms with van der Waals surface area (Å²) in [6, 6.07) is 16.9. The fraction of sp³-hybridized carbons (Fsp3) is 0.158. The minimum atomic E-state index is -0.223. The van der Waals surface area contributed by atoms with Gasteiger partial charge in [-0.3, -0.25) is 4.79 Å². The van der Waals surface area contributed by atoms with E-state index >= 15 is 0 Å². The number of anilines is 1. The summed E-state index contributed by atoms with van der Waals surface area (Å²) < 4.78 is 7.41. The number of hydrogen-bond donors (Lipinski definition) is 1. The highest BCUT2D eigenvalue weighted by molar-refractivity contribution is 6.06. The van der Waals surface area contributed by atoms with Crippen LogP contribution < -0.4 is 10.1 Å². The van der Waals surface area contributed by atoms with Crippen molar-refractivity contribution in [2.45, 2.75) is 20.0 Å². The number of amides is 1. The smallest absolute Gasteiger partial charge is 0.259 e. The van der Waals surface area contributed by atoms with E-state index in [0.717, 1.165) is 5.69 Å². The molecule has 1 amide bonds. The van der Waals surface area contributed by atoms with Crippen molar-refractivity contribution in [1.29, 1.82) is 0 Å². The van der Waals surface area contributed by atoms with Gasteiger partial charge in [-0.2, -0.15) is 5.10 Å². The summed E-state index contributed by atoms with van der Waals surface area (Å²) in [4.78, 5) is 12.5. The molecule has 3 rings (SSSR count). The average molecular weight is 321 g/mol. The van der Waals surface area contributed by atoms with E-state index in [1.165, 1.54) is 0 Å². The molecule has 0 spiro atoms. The summed E-state index contributed by atoms with van der Waals surface area (Å²) >= 11 is 0. The van der Waals surface area contributed by atoms with Crippen LogP contribution in [0.5, 0.6) is 5.75 Å². The van der Waals surface area contributed by atoms with Crippen molar-refractivity contribution in [2.75, 3.05) is 5.32 Å². The Kier molecular flexibility index (Phi) is 4.61. The molecule has 0 aliphatic carbocycles. The first kappa shape index (κ1) is 15.8. The molecule has 2 aromatic carbocycles. The predicted molar refractivity (Wildman–Crippen MR) is 93.7 cm³/mol. The van der Waals surface area contributed by atoms with Crippen LogP contribution >= 0.6 is 0 Å². The Morgan fingerprint density at radius 1 is 1.08 bits per heavy atom. The van der Waals surface area contributed by atoms with Crippen LogP contribution in [-0.2, 0) is 0 Å². The molecule has 1 N–H and O–H groups in total. The molecule has 5 nitrogen and oxygen atoms in total. The van der Waals surface area contributed by atoms with E-state index in [4.69, 9.17) is 4.74 Å². The van der Waals surface area contributed by atoms with Crippen molar-refractivity contribution in [1.82, 2.24) is 9.78 Å². The molecular weight excluding hydrogens is 302 g/mol. The number of ether oxygens (including phenoxy) is 1. The van der Waals surface area contributed by atoms with Gasteiger partial charge in [0.05, 0.1) is 35.4 Å². The number of rotatable bonds is 5. The van der Waals surface area contributed by atoms with Crippen molar-refractivity contribution in [3.8, 4) is 11.4 Å². The number of nitrogens with zero attached hydrogens (tertiary/aromatic N) is 2. The highest BCUT2D eigenvalue weighted by Gasteiger charge is 2.14. The third kappa shape index (κ3) is 3.63. The van der Waals surface area contributed by atoms with Gasteiger partial charge in [0.25, 0.3) is 5.91 Å². The van der Waals surface area contributed by atoms with Gasteiger partial charge in [0.2, 0.25) is 0 Å². The molecule has 1 heterocycles. The topological polar surface area (TPSA) is 56.1 Å². The fourth-order valence-corrected chi connectivity index (χ4v) is 2.32. The minimum absolute atomic E-state index is 0.000203. The summed E-state index contributed by atoms with van der Waals surface area (Å²) in [6.45, 7) is 3.86. The number of nitrogens with one attached hydrogen (secondary N) is 1. The van der Waals surface area contributed by atoms with Crippen LogP contribution in [0.15, 0.2) is 67.0 Å². The second kappa shape index (κ2) is 7.00. The van der Waals surface area contributed by atoms with E-state index in [1.807, 2.05) is 56.3 Å². The molecule has 122 valence electrons. The van der Waals surface area contributed by atoms with Gasteiger partial charge in [0, 0.05) is 0 Å². The molecule has 0 bridgehead atoms. The molecule has 0 atom stereocenters. The number of hydrogen-bond acceptors (Lipinski definition) is 3. The second-order valence-electron chi connectivity index (χ2n) is 5.63. The van der Waals surface area contributed by atoms with Crippen LogP contribution in [-0.4, -0.2) is 21.8 Å². The van der Waals surface area contributed by atoms with E-state index in [-0.39, 0.29) is 12.0 Å². The normalized spacial score (nSPS) is 10.6. The maximum absolute atomic E-state index is 12.5. The monoisotopic (exact) mass is 321 g/mol. The van der Waals surface area contributed by atoms with Crippen LogP contribution in [0.25, 0.3) is 5.69 Å². The zero-order valence-electron chi connectivity index (χ0n) is 13.6. The van der Waals surface area contributed by atoms with Gasteiger partial charge in [0.15, 0.2) is 0 Å². The minimum Gasteiger partial charge on any atom is -0.490 e. The molecule has 0 saturated heterocycles. The van der Waals surface area contributed by atoms with E-state index in [9.17, 15) is 4.79 Å². The molecule has 0 saturated carbocycles. The summed E-state index contributed by atoms with van der Waals surface area (Å²) in [6.07, 6.45) is 3.40. The Morgan fingerprint density at radius 2 is 1.79 bits per heavy atom. The Bertz CT molecular complexity index is 825. The van der Waals surface area contributed by atoms with Crippen molar-refractivity contribution in [3.63, 3.8) is 0 Å². The van der Waals surface area contributed by atoms with Gasteiger partial charge in [-0.1, -0.05) is 30.3 Å². The van der Waals surface area contributed by atoms with Crippen LogP contribution in [0.3, 0.4) is 0 Å². The quantitative estimate of drug-likeness (QED) is 0.775. The second-order valence-corrected chi connectivity index (χ2v) is 5.63. The third-order valence-electron chi connectivity index (χ3n) is 3.36. The summed E-state index contributed by atoms with van der Waals surface area (Å²) in [5.41, 5.74) is 2.06. The zero-order valence-corrected chi connectivity index (χ0v) is 13.6. The van der Waals surface area contributed by atoms with E-state index < -0.39 is 0 Å². The molecule has 3 aromatic rings. The molecule has 0 unspecified atom stereocenters. The van der Waals surface area contributed by atoms with Crippen LogP contribution in [0.1, 0.15) is 24.2 Å². The Balaban J connectivity index is 1.78. The Hall–Kier alpha value is -3.08. The number of carbonyl (C=O) groups excluding carboxylic acids is 1. The number of benzene rings is 2. The zero-order chi connectivity index (χ0) is 16.9. The lowest BCUT2D eigenvalue weighted by Gasteiger charge is -2.13. The lowest BCUT2D eigenvalue weighted by Crippen LogP contribution is -2.15. The Labute approximate surface area is 140 Å². The van der Waals surface area contributed by atoms with Gasteiger partial charge in [0.1, 0.15) is 5.75 Å². The lowest BCUT2D eigenvalue weighted by molar-refractivity contribution is 0.102. The van der Waals surface area contributed by atoms with Gasteiger partial charge in [-0.05, 0) is 38.1 Å². The molecule has 0 fully saturated rings. The molecule has 0 aliphatic heterocycles. The first-order valence-corrected chi connectivity index (χ1v) is 7.80. The van der Waals surface area contributed by atoms with E-state index in [2.05, 4.69) is 10.4 Å². The molecule has 1 aromatic heterocycles. The molecule has 0 aliphatic rings. The van der Waals surface area contributed by atoms with Crippen molar-refractivity contribution in [3.05, 3.63) is 72.6 Å². The maximum atomic E-state index is 12.5. The largest absolute Gasteiger partial charge is 0.490 e. The van der Waals surface area contributed by atoms with Crippen molar-refractivity contribution < 1.29 is 9.53 Å². The van der Waals surface area contributed by atoms with Crippen molar-refractivity contribution >= 4 is 11.6 Å². The van der Waals surface area contributed by atoms with Crippen molar-refractivity contribution in [2.24, 2.45) is 0 Å². The molecular formula is C19H19N3O2. The third-order valence-corrected chi connectivity index (χ3v) is 3.36. The van der Waals surface area contributed by atoms with Crippen LogP contribution in [0.2, 0.25) is 0 Å². The van der Waals surface area contributed by atoms with Crippen LogP contribution in [0.4, 0.5) is 5.69 Å². The number of aromatic nitrogens is 2. The summed E-state index contributed by atoms with van der Waals surface area (Å²) in [7, 11) is 0. The molecule has 0 radical (unpaired) electrons. The summed E-state index contributed by atoms with van der Waals surface area (Å²) in [5, 5.41) is 7.13. The van der Waals surface area contributed by atoms with Gasteiger partial charge in [-0.15, -0.1) is 0 Å². The fourth-order valence-electron chi connectivity index (χ4n) is 2.32. The van der Waals surface area contributed by atoms with E-state index in [1.54, 1.807) is 29.2 Å². The highest BCUT2D eigenvalue weighted by atomic mass is 16.5. The van der Waals surface area contributed by atoms with Gasteiger partial charge < -0.3 is 10.1 Å². The SMILES string of the molecule is CC(C)Oc1ccccc1C(=O)Nc1cnn(-c2ccccc2)c1. The first-order chi connectivity index (χ1) is 11.6. The standard InChI is InChI=1S/C19H19N3O2/c1-14(2)24-18-11-7-6-10-17(18)19(23)21-15-12-20-22(13-15)16-8-4-3-5-9-16/h3-14H,1-2H3,(H,21,23). The van der Waals surface area contributed by atoms with Crippen LogP contribution in [0, 0.1) is 0 Å².